The highest BCUT2D eigenvalue weighted by Gasteiger charge is 2.08. The Kier molecular flexibility index (Phi) is 3.58. The van der Waals surface area contributed by atoms with E-state index in [0.29, 0.717) is 18.3 Å². The Hall–Kier alpha value is -1.43. The topological polar surface area (TPSA) is 79.5 Å². The fourth-order valence-corrected chi connectivity index (χ4v) is 0.953. The molecule has 0 saturated carbocycles. The van der Waals surface area contributed by atoms with E-state index in [2.05, 4.69) is 10.1 Å². The summed E-state index contributed by atoms with van der Waals surface area (Å²) in [5, 5.41) is 12.1. The average Bonchev–Trinajstić information content (AvgIpc) is 2.47. The second-order valence-electron chi connectivity index (χ2n) is 3.24. The second kappa shape index (κ2) is 4.71. The second-order valence-corrected chi connectivity index (χ2v) is 3.24. The SMILES string of the molecule is CN(C)Cc1noc(CCC(=O)O)n1. The molecule has 0 aliphatic rings. The van der Waals surface area contributed by atoms with E-state index in [9.17, 15) is 4.79 Å². The molecular formula is C8H13N3O3. The first-order chi connectivity index (χ1) is 6.58. The first-order valence-corrected chi connectivity index (χ1v) is 4.26. The van der Waals surface area contributed by atoms with Gasteiger partial charge in [-0.15, -0.1) is 0 Å². The van der Waals surface area contributed by atoms with Crippen molar-refractivity contribution in [3.63, 3.8) is 0 Å². The Morgan fingerprint density at radius 2 is 2.29 bits per heavy atom. The van der Waals surface area contributed by atoms with Crippen molar-refractivity contribution in [1.82, 2.24) is 15.0 Å². The third-order valence-corrected chi connectivity index (χ3v) is 1.52. The van der Waals surface area contributed by atoms with Crippen molar-refractivity contribution in [3.05, 3.63) is 11.7 Å². The molecule has 0 unspecified atom stereocenters. The van der Waals surface area contributed by atoms with E-state index < -0.39 is 5.97 Å². The number of carbonyl (C=O) groups is 1. The van der Waals surface area contributed by atoms with Gasteiger partial charge in [0.2, 0.25) is 5.89 Å². The number of carboxylic acid groups (broad SMARTS) is 1. The minimum Gasteiger partial charge on any atom is -0.481 e. The van der Waals surface area contributed by atoms with Crippen LogP contribution in [0.4, 0.5) is 0 Å². The van der Waals surface area contributed by atoms with Crippen molar-refractivity contribution in [3.8, 4) is 0 Å². The normalized spacial score (nSPS) is 10.8. The quantitative estimate of drug-likeness (QED) is 0.727. The number of hydrogen-bond donors (Lipinski definition) is 1. The van der Waals surface area contributed by atoms with Crippen molar-refractivity contribution in [1.29, 1.82) is 0 Å². The number of aliphatic carboxylic acids is 1. The maximum Gasteiger partial charge on any atom is 0.303 e. The first-order valence-electron chi connectivity index (χ1n) is 4.26. The Morgan fingerprint density at radius 1 is 1.57 bits per heavy atom. The lowest BCUT2D eigenvalue weighted by atomic mass is 10.3. The van der Waals surface area contributed by atoms with Gasteiger partial charge in [0.25, 0.3) is 0 Å². The van der Waals surface area contributed by atoms with E-state index >= 15 is 0 Å². The molecule has 0 fully saturated rings. The highest BCUT2D eigenvalue weighted by molar-refractivity contribution is 5.66. The summed E-state index contributed by atoms with van der Waals surface area (Å²) in [5.41, 5.74) is 0. The maximum absolute atomic E-state index is 10.3. The van der Waals surface area contributed by atoms with Gasteiger partial charge in [-0.3, -0.25) is 4.79 Å². The summed E-state index contributed by atoms with van der Waals surface area (Å²) in [6.45, 7) is 0.594. The van der Waals surface area contributed by atoms with E-state index in [4.69, 9.17) is 9.63 Å². The highest BCUT2D eigenvalue weighted by atomic mass is 16.5. The summed E-state index contributed by atoms with van der Waals surface area (Å²) in [4.78, 5) is 16.2. The molecule has 1 heterocycles. The van der Waals surface area contributed by atoms with Gasteiger partial charge < -0.3 is 14.5 Å². The van der Waals surface area contributed by atoms with Gasteiger partial charge in [0.15, 0.2) is 5.82 Å². The molecule has 1 aromatic rings. The highest BCUT2D eigenvalue weighted by Crippen LogP contribution is 2.02. The van der Waals surface area contributed by atoms with Gasteiger partial charge in [-0.05, 0) is 14.1 Å². The molecule has 6 heteroatoms. The van der Waals surface area contributed by atoms with Crippen LogP contribution >= 0.6 is 0 Å². The Balaban J connectivity index is 2.46. The van der Waals surface area contributed by atoms with Crippen molar-refractivity contribution in [2.45, 2.75) is 19.4 Å². The van der Waals surface area contributed by atoms with E-state index in [-0.39, 0.29) is 12.8 Å². The van der Waals surface area contributed by atoms with Crippen LogP contribution in [0.25, 0.3) is 0 Å². The van der Waals surface area contributed by atoms with Crippen LogP contribution < -0.4 is 0 Å². The van der Waals surface area contributed by atoms with Crippen molar-refractivity contribution in [2.24, 2.45) is 0 Å². The van der Waals surface area contributed by atoms with Crippen molar-refractivity contribution < 1.29 is 14.4 Å². The summed E-state index contributed by atoms with van der Waals surface area (Å²) in [6, 6.07) is 0. The minimum atomic E-state index is -0.864. The Labute approximate surface area is 81.5 Å². The summed E-state index contributed by atoms with van der Waals surface area (Å²) in [6.07, 6.45) is 0.305. The molecule has 78 valence electrons. The van der Waals surface area contributed by atoms with E-state index in [1.807, 2.05) is 19.0 Å². The molecule has 0 atom stereocenters. The predicted octanol–water partition coefficient (Wildman–Crippen LogP) is 0.148. The number of nitrogens with zero attached hydrogens (tertiary/aromatic N) is 3. The molecule has 14 heavy (non-hydrogen) atoms. The van der Waals surface area contributed by atoms with E-state index in [0.717, 1.165) is 0 Å². The number of carboxylic acids is 1. The third kappa shape index (κ3) is 3.53. The van der Waals surface area contributed by atoms with Crippen molar-refractivity contribution in [2.75, 3.05) is 14.1 Å². The molecular weight excluding hydrogens is 186 g/mol. The number of hydrogen-bond acceptors (Lipinski definition) is 5. The zero-order chi connectivity index (χ0) is 10.6. The molecule has 0 aliphatic heterocycles. The van der Waals surface area contributed by atoms with Crippen LogP contribution in [0.3, 0.4) is 0 Å². The van der Waals surface area contributed by atoms with Gasteiger partial charge in [0.1, 0.15) is 0 Å². The van der Waals surface area contributed by atoms with E-state index in [1.165, 1.54) is 0 Å². The van der Waals surface area contributed by atoms with Crippen LogP contribution in [-0.2, 0) is 17.8 Å². The molecule has 1 rings (SSSR count). The van der Waals surface area contributed by atoms with Gasteiger partial charge >= 0.3 is 5.97 Å². The molecule has 0 spiro atoms. The molecule has 6 nitrogen and oxygen atoms in total. The van der Waals surface area contributed by atoms with Gasteiger partial charge in [-0.25, -0.2) is 0 Å². The standard InChI is InChI=1S/C8H13N3O3/c1-11(2)5-6-9-7(14-10-6)3-4-8(12)13/h3-5H2,1-2H3,(H,12,13). The lowest BCUT2D eigenvalue weighted by Crippen LogP contribution is -2.11. The van der Waals surface area contributed by atoms with Gasteiger partial charge in [0.05, 0.1) is 13.0 Å². The molecule has 0 aromatic carbocycles. The maximum atomic E-state index is 10.3. The van der Waals surface area contributed by atoms with Crippen LogP contribution in [0, 0.1) is 0 Å². The lowest BCUT2D eigenvalue weighted by Gasteiger charge is -2.03. The monoisotopic (exact) mass is 199 g/mol. The van der Waals surface area contributed by atoms with Gasteiger partial charge in [0, 0.05) is 6.42 Å². The smallest absolute Gasteiger partial charge is 0.303 e. The Morgan fingerprint density at radius 3 is 2.86 bits per heavy atom. The summed E-state index contributed by atoms with van der Waals surface area (Å²) >= 11 is 0. The zero-order valence-corrected chi connectivity index (χ0v) is 8.23. The Bertz CT molecular complexity index is 309. The molecule has 0 amide bonds. The summed E-state index contributed by atoms with van der Waals surface area (Å²) in [5.74, 6) is 0.0944. The molecule has 0 radical (unpaired) electrons. The minimum absolute atomic E-state index is 0.0175. The van der Waals surface area contributed by atoms with Crippen molar-refractivity contribution >= 4 is 5.97 Å². The number of rotatable bonds is 5. The number of aromatic nitrogens is 2. The number of aryl methyl sites for hydroxylation is 1. The fraction of sp³-hybridized carbons (Fsp3) is 0.625. The van der Waals surface area contributed by atoms with Crippen LogP contribution in [0.2, 0.25) is 0 Å². The van der Waals surface area contributed by atoms with Crippen LogP contribution in [-0.4, -0.2) is 40.2 Å². The van der Waals surface area contributed by atoms with Gasteiger partial charge in [-0.1, -0.05) is 5.16 Å². The van der Waals surface area contributed by atoms with Gasteiger partial charge in [-0.2, -0.15) is 4.98 Å². The molecule has 0 bridgehead atoms. The molecule has 0 aliphatic carbocycles. The molecule has 1 aromatic heterocycles. The van der Waals surface area contributed by atoms with Crippen LogP contribution in [0.15, 0.2) is 4.52 Å². The molecule has 1 N–H and O–H groups in total. The van der Waals surface area contributed by atoms with Crippen LogP contribution in [0.5, 0.6) is 0 Å². The van der Waals surface area contributed by atoms with E-state index in [1.54, 1.807) is 0 Å². The summed E-state index contributed by atoms with van der Waals surface area (Å²) < 4.78 is 4.86. The lowest BCUT2D eigenvalue weighted by molar-refractivity contribution is -0.137. The summed E-state index contributed by atoms with van der Waals surface area (Å²) in [7, 11) is 3.79. The fourth-order valence-electron chi connectivity index (χ4n) is 0.953. The first kappa shape index (κ1) is 10.6. The predicted molar refractivity (Wildman–Crippen MR) is 47.6 cm³/mol. The van der Waals surface area contributed by atoms with Crippen LogP contribution in [0.1, 0.15) is 18.1 Å². The third-order valence-electron chi connectivity index (χ3n) is 1.52. The largest absolute Gasteiger partial charge is 0.481 e. The average molecular weight is 199 g/mol. The zero-order valence-electron chi connectivity index (χ0n) is 8.23. The molecule has 0 saturated heterocycles.